The fourth-order valence-electron chi connectivity index (χ4n) is 0.685. The molecule has 0 aliphatic rings. The predicted molar refractivity (Wildman–Crippen MR) is 28.0 cm³/mol. The van der Waals surface area contributed by atoms with Crippen molar-refractivity contribution >= 4 is 0 Å². The summed E-state index contributed by atoms with van der Waals surface area (Å²) in [6.07, 6.45) is -25.7. The minimum absolute atomic E-state index is 5.51. The molecule has 0 rings (SSSR count). The predicted octanol–water partition coefficient (Wildman–Crippen LogP) is 2.74. The summed E-state index contributed by atoms with van der Waals surface area (Å²) in [5, 5.41) is 7.94. The van der Waals surface area contributed by atoms with Crippen LogP contribution in [0.3, 0.4) is 0 Å². The molecule has 98 valence electrons. The second-order valence-electron chi connectivity index (χ2n) is 2.67. The van der Waals surface area contributed by atoms with Crippen molar-refractivity contribution in [3.05, 3.63) is 0 Å². The highest BCUT2D eigenvalue weighted by atomic mass is 19.4. The number of rotatable bonds is 1. The van der Waals surface area contributed by atoms with E-state index in [2.05, 4.69) is 0 Å². The Balaban J connectivity index is 5.63. The Labute approximate surface area is 80.6 Å². The first-order valence-corrected chi connectivity index (χ1v) is 3.22. The van der Waals surface area contributed by atoms with E-state index < -0.39 is 30.3 Å². The van der Waals surface area contributed by atoms with Gasteiger partial charge >= 0.3 is 18.5 Å². The average Bonchev–Trinajstić information content (AvgIpc) is 1.95. The number of hydrogen-bond acceptors (Lipinski definition) is 1. The SMILES string of the molecule is OC(C(F)C(F)(F)F)(C(F)(F)F)C(F)(F)F. The van der Waals surface area contributed by atoms with Gasteiger partial charge in [-0.15, -0.1) is 0 Å². The Bertz CT molecular complexity index is 231. The summed E-state index contributed by atoms with van der Waals surface area (Å²) < 4.78 is 117. The lowest BCUT2D eigenvalue weighted by atomic mass is 9.96. The number of aliphatic hydroxyl groups is 1. The molecule has 1 atom stereocenters. The molecule has 0 bridgehead atoms. The van der Waals surface area contributed by atoms with E-state index in [4.69, 9.17) is 5.11 Å². The third-order valence-electron chi connectivity index (χ3n) is 1.52. The summed E-state index contributed by atoms with van der Waals surface area (Å²) in [7, 11) is 0. The molecule has 0 saturated carbocycles. The quantitative estimate of drug-likeness (QED) is 0.725. The lowest BCUT2D eigenvalue weighted by Crippen LogP contribution is -2.66. The van der Waals surface area contributed by atoms with Crippen LogP contribution in [0.4, 0.5) is 43.9 Å². The fourth-order valence-corrected chi connectivity index (χ4v) is 0.685. The third kappa shape index (κ3) is 2.33. The van der Waals surface area contributed by atoms with Crippen LogP contribution in [0.15, 0.2) is 0 Å². The lowest BCUT2D eigenvalue weighted by Gasteiger charge is -2.35. The Morgan fingerprint density at radius 3 is 1.00 bits per heavy atom. The highest BCUT2D eigenvalue weighted by molar-refractivity contribution is 5.02. The molecule has 0 spiro atoms. The molecule has 16 heavy (non-hydrogen) atoms. The molecule has 0 heterocycles. The van der Waals surface area contributed by atoms with Crippen LogP contribution in [0.1, 0.15) is 0 Å². The monoisotopic (exact) mass is 268 g/mol. The van der Waals surface area contributed by atoms with E-state index in [9.17, 15) is 43.9 Å². The molecular weight excluding hydrogens is 266 g/mol. The summed E-state index contributed by atoms with van der Waals surface area (Å²) in [4.78, 5) is 0. The third-order valence-corrected chi connectivity index (χ3v) is 1.52. The van der Waals surface area contributed by atoms with Crippen LogP contribution in [-0.2, 0) is 0 Å². The Morgan fingerprint density at radius 1 is 0.688 bits per heavy atom. The van der Waals surface area contributed by atoms with E-state index in [1.54, 1.807) is 0 Å². The maximum absolute atomic E-state index is 12.1. The topological polar surface area (TPSA) is 20.2 Å². The maximum atomic E-state index is 12.1. The van der Waals surface area contributed by atoms with Gasteiger partial charge < -0.3 is 5.11 Å². The molecule has 0 aromatic carbocycles. The molecule has 0 radical (unpaired) electrons. The Kier molecular flexibility index (Phi) is 3.47. The van der Waals surface area contributed by atoms with E-state index in [0.29, 0.717) is 0 Å². The zero-order chi connectivity index (χ0) is 13.6. The minimum Gasteiger partial charge on any atom is -0.371 e. The number of alkyl halides is 10. The van der Waals surface area contributed by atoms with Gasteiger partial charge in [0.15, 0.2) is 0 Å². The second-order valence-corrected chi connectivity index (χ2v) is 2.67. The van der Waals surface area contributed by atoms with Crippen molar-refractivity contribution in [3.8, 4) is 0 Å². The summed E-state index contributed by atoms with van der Waals surface area (Å²) in [6, 6.07) is 0. The van der Waals surface area contributed by atoms with Crippen LogP contribution in [0.5, 0.6) is 0 Å². The maximum Gasteiger partial charge on any atom is 0.429 e. The van der Waals surface area contributed by atoms with Crippen LogP contribution in [0.2, 0.25) is 0 Å². The Morgan fingerprint density at radius 2 is 0.938 bits per heavy atom. The molecule has 0 aliphatic carbocycles. The van der Waals surface area contributed by atoms with Crippen LogP contribution in [-0.4, -0.2) is 35.4 Å². The van der Waals surface area contributed by atoms with Gasteiger partial charge in [0.1, 0.15) is 0 Å². The molecular formula is C5H2F10O. The van der Waals surface area contributed by atoms with Crippen molar-refractivity contribution in [2.75, 3.05) is 0 Å². The molecule has 0 saturated heterocycles. The zero-order valence-corrected chi connectivity index (χ0v) is 6.80. The van der Waals surface area contributed by atoms with Crippen molar-refractivity contribution in [1.82, 2.24) is 0 Å². The van der Waals surface area contributed by atoms with Crippen LogP contribution in [0.25, 0.3) is 0 Å². The van der Waals surface area contributed by atoms with Gasteiger partial charge in [-0.05, 0) is 0 Å². The van der Waals surface area contributed by atoms with Crippen molar-refractivity contribution in [3.63, 3.8) is 0 Å². The molecule has 0 aliphatic heterocycles. The molecule has 0 aromatic heterocycles. The van der Waals surface area contributed by atoms with Crippen molar-refractivity contribution < 1.29 is 49.0 Å². The summed E-state index contributed by atoms with van der Waals surface area (Å²) in [5.41, 5.74) is -6.47. The van der Waals surface area contributed by atoms with Gasteiger partial charge in [-0.1, -0.05) is 0 Å². The van der Waals surface area contributed by atoms with Gasteiger partial charge in [0.05, 0.1) is 0 Å². The normalized spacial score (nSPS) is 17.4. The standard InChI is InChI=1S/C5H2F10O/c6-1(3(7,8)9)2(16,4(10,11)12)5(13,14)15/h1,16H. The Hall–Kier alpha value is -0.740. The minimum atomic E-state index is -6.85. The van der Waals surface area contributed by atoms with Crippen molar-refractivity contribution in [2.24, 2.45) is 0 Å². The van der Waals surface area contributed by atoms with Crippen LogP contribution in [0, 0.1) is 0 Å². The van der Waals surface area contributed by atoms with Crippen LogP contribution < -0.4 is 0 Å². The van der Waals surface area contributed by atoms with Gasteiger partial charge in [0.2, 0.25) is 6.17 Å². The van der Waals surface area contributed by atoms with Gasteiger partial charge in [0, 0.05) is 0 Å². The van der Waals surface area contributed by atoms with Crippen molar-refractivity contribution in [1.29, 1.82) is 0 Å². The lowest BCUT2D eigenvalue weighted by molar-refractivity contribution is -0.409. The first kappa shape index (κ1) is 15.3. The highest BCUT2D eigenvalue weighted by Gasteiger charge is 2.79. The molecule has 1 unspecified atom stereocenters. The van der Waals surface area contributed by atoms with E-state index in [1.165, 1.54) is 0 Å². The molecule has 1 nitrogen and oxygen atoms in total. The highest BCUT2D eigenvalue weighted by Crippen LogP contribution is 2.50. The smallest absolute Gasteiger partial charge is 0.371 e. The molecule has 11 heteroatoms. The summed E-state index contributed by atoms with van der Waals surface area (Å²) >= 11 is 0. The second kappa shape index (κ2) is 3.64. The fraction of sp³-hybridized carbons (Fsp3) is 1.00. The van der Waals surface area contributed by atoms with E-state index in [-0.39, 0.29) is 0 Å². The first-order chi connectivity index (χ1) is 6.65. The van der Waals surface area contributed by atoms with Gasteiger partial charge in [0.25, 0.3) is 5.60 Å². The zero-order valence-electron chi connectivity index (χ0n) is 6.80. The van der Waals surface area contributed by atoms with E-state index in [0.717, 1.165) is 0 Å². The molecule has 0 aromatic rings. The van der Waals surface area contributed by atoms with E-state index in [1.807, 2.05) is 0 Å². The molecule has 0 fully saturated rings. The largest absolute Gasteiger partial charge is 0.429 e. The summed E-state index contributed by atoms with van der Waals surface area (Å²) in [5.74, 6) is 0. The van der Waals surface area contributed by atoms with Gasteiger partial charge in [-0.25, -0.2) is 4.39 Å². The van der Waals surface area contributed by atoms with Crippen LogP contribution >= 0.6 is 0 Å². The first-order valence-electron chi connectivity index (χ1n) is 3.22. The van der Waals surface area contributed by atoms with Crippen molar-refractivity contribution in [2.45, 2.75) is 30.3 Å². The van der Waals surface area contributed by atoms with E-state index >= 15 is 0 Å². The molecule has 1 N–H and O–H groups in total. The van der Waals surface area contributed by atoms with Gasteiger partial charge in [-0.2, -0.15) is 39.5 Å². The summed E-state index contributed by atoms with van der Waals surface area (Å²) in [6.45, 7) is 0. The number of hydrogen-bond donors (Lipinski definition) is 1. The average molecular weight is 268 g/mol. The number of halogens is 10. The molecule has 0 amide bonds. The van der Waals surface area contributed by atoms with Gasteiger partial charge in [-0.3, -0.25) is 0 Å².